The number of esters is 1. The molecule has 1 amide bonds. The molecule has 4 aromatic rings. The van der Waals surface area contributed by atoms with Crippen LogP contribution in [0, 0.1) is 0 Å². The summed E-state index contributed by atoms with van der Waals surface area (Å²) in [4.78, 5) is 30.3. The fourth-order valence-corrected chi connectivity index (χ4v) is 5.60. The lowest BCUT2D eigenvalue weighted by molar-refractivity contribution is -0.140. The number of hydrogen-bond donors (Lipinski definition) is 0. The molecule has 1 atom stereocenters. The molecule has 0 aliphatic carbocycles. The zero-order valence-electron chi connectivity index (χ0n) is 21.7. The number of carbonyl (C=O) groups excluding carboxylic acids is 2. The highest BCUT2D eigenvalue weighted by atomic mass is 16.6. The summed E-state index contributed by atoms with van der Waals surface area (Å²) in [5.41, 5.74) is 0.604. The number of amides is 1. The van der Waals surface area contributed by atoms with Crippen molar-refractivity contribution in [2.24, 2.45) is 0 Å². The number of rotatable bonds is 7. The summed E-state index contributed by atoms with van der Waals surface area (Å²) in [7, 11) is 1.59. The second-order valence-corrected chi connectivity index (χ2v) is 9.35. The highest BCUT2D eigenvalue weighted by Crippen LogP contribution is 2.68. The van der Waals surface area contributed by atoms with Crippen LogP contribution in [-0.2, 0) is 24.7 Å². The average Bonchev–Trinajstić information content (AvgIpc) is 3.63. The van der Waals surface area contributed by atoms with E-state index >= 15 is 0 Å². The number of benzene rings is 4. The Morgan fingerprint density at radius 2 is 1.31 bits per heavy atom. The molecule has 194 valence electrons. The zero-order chi connectivity index (χ0) is 27.0. The van der Waals surface area contributed by atoms with E-state index < -0.39 is 17.2 Å². The van der Waals surface area contributed by atoms with Crippen LogP contribution in [0.5, 0.6) is 5.75 Å². The van der Waals surface area contributed by atoms with Gasteiger partial charge >= 0.3 is 5.97 Å². The van der Waals surface area contributed by atoms with Gasteiger partial charge in [0.05, 0.1) is 19.4 Å². The van der Waals surface area contributed by atoms with Crippen LogP contribution >= 0.6 is 0 Å². The topological polar surface area (TPSA) is 68.4 Å². The van der Waals surface area contributed by atoms with Crippen LogP contribution in [0.2, 0.25) is 0 Å². The van der Waals surface area contributed by atoms with E-state index in [9.17, 15) is 9.59 Å². The van der Waals surface area contributed by atoms with Crippen molar-refractivity contribution < 1.29 is 23.8 Å². The van der Waals surface area contributed by atoms with Gasteiger partial charge in [0.2, 0.25) is 5.60 Å². The number of ether oxygens (including phenoxy) is 3. The third kappa shape index (κ3) is 3.60. The Bertz CT molecular complexity index is 1510. The first-order chi connectivity index (χ1) is 19.1. The SMILES string of the molecule is CCOC(=O)C1=C(c2ccccc2)N(c2ccc(OC)cc2)C(=O)C12OC2(c1ccccc1)c1ccccc1. The van der Waals surface area contributed by atoms with Crippen LogP contribution in [0.4, 0.5) is 5.69 Å². The van der Waals surface area contributed by atoms with Crippen LogP contribution in [0.25, 0.3) is 5.70 Å². The van der Waals surface area contributed by atoms with Gasteiger partial charge in [0.25, 0.3) is 5.91 Å². The number of anilines is 1. The molecule has 6 rings (SSSR count). The smallest absolute Gasteiger partial charge is 0.339 e. The molecule has 1 spiro atoms. The van der Waals surface area contributed by atoms with Crippen molar-refractivity contribution in [1.29, 1.82) is 0 Å². The minimum atomic E-state index is -1.63. The van der Waals surface area contributed by atoms with Crippen LogP contribution in [0.3, 0.4) is 0 Å². The summed E-state index contributed by atoms with van der Waals surface area (Å²) in [5, 5.41) is 0. The molecule has 0 saturated carbocycles. The molecule has 1 fully saturated rings. The second kappa shape index (κ2) is 9.57. The first-order valence-corrected chi connectivity index (χ1v) is 12.9. The van der Waals surface area contributed by atoms with Crippen LogP contribution in [0.15, 0.2) is 121 Å². The maximum absolute atomic E-state index is 14.8. The average molecular weight is 518 g/mol. The van der Waals surface area contributed by atoms with Gasteiger partial charge in [-0.3, -0.25) is 9.69 Å². The molecule has 2 heterocycles. The van der Waals surface area contributed by atoms with Gasteiger partial charge in [-0.05, 0) is 47.9 Å². The monoisotopic (exact) mass is 517 g/mol. The fraction of sp³-hybridized carbons (Fsp3) is 0.152. The Hall–Kier alpha value is -4.68. The Balaban J connectivity index is 1.67. The van der Waals surface area contributed by atoms with Gasteiger partial charge in [-0.1, -0.05) is 91.0 Å². The lowest BCUT2D eigenvalue weighted by atomic mass is 9.77. The summed E-state index contributed by atoms with van der Waals surface area (Å²) < 4.78 is 17.7. The minimum absolute atomic E-state index is 0.154. The Labute approximate surface area is 227 Å². The standard InChI is InChI=1S/C33H27NO5/c1-3-38-30(35)28-29(23-13-7-4-8-14-23)34(26-19-21-27(37-2)22-20-26)31(36)33(28)32(39-33,24-15-9-5-10-16-24)25-17-11-6-12-18-25/h4-22H,3H2,1-2H3. The molecule has 0 aromatic heterocycles. The summed E-state index contributed by atoms with van der Waals surface area (Å²) >= 11 is 0. The van der Waals surface area contributed by atoms with Gasteiger partial charge in [-0.15, -0.1) is 0 Å². The molecule has 2 aliphatic heterocycles. The highest BCUT2D eigenvalue weighted by molar-refractivity contribution is 6.27. The largest absolute Gasteiger partial charge is 0.497 e. The van der Waals surface area contributed by atoms with Gasteiger partial charge in [0.15, 0.2) is 5.60 Å². The summed E-state index contributed by atoms with van der Waals surface area (Å²) in [6.45, 7) is 1.90. The van der Waals surface area contributed by atoms with Gasteiger partial charge < -0.3 is 14.2 Å². The van der Waals surface area contributed by atoms with E-state index in [4.69, 9.17) is 14.2 Å². The minimum Gasteiger partial charge on any atom is -0.497 e. The van der Waals surface area contributed by atoms with Gasteiger partial charge in [-0.2, -0.15) is 0 Å². The fourth-order valence-electron chi connectivity index (χ4n) is 5.60. The lowest BCUT2D eigenvalue weighted by Crippen LogP contribution is -2.40. The molecule has 1 unspecified atom stereocenters. The first-order valence-electron chi connectivity index (χ1n) is 12.9. The molecule has 2 aliphatic rings. The molecule has 6 nitrogen and oxygen atoms in total. The van der Waals surface area contributed by atoms with E-state index in [0.717, 1.165) is 11.1 Å². The zero-order valence-corrected chi connectivity index (χ0v) is 21.7. The van der Waals surface area contributed by atoms with E-state index in [2.05, 4.69) is 0 Å². The number of methoxy groups -OCH3 is 1. The number of epoxide rings is 1. The van der Waals surface area contributed by atoms with Crippen molar-refractivity contribution in [3.8, 4) is 5.75 Å². The molecule has 6 heteroatoms. The maximum Gasteiger partial charge on any atom is 0.339 e. The molecule has 0 N–H and O–H groups in total. The van der Waals surface area contributed by atoms with E-state index in [1.165, 1.54) is 0 Å². The van der Waals surface area contributed by atoms with Crippen molar-refractivity contribution in [2.75, 3.05) is 18.6 Å². The first kappa shape index (κ1) is 24.6. The predicted molar refractivity (Wildman–Crippen MR) is 148 cm³/mol. The second-order valence-electron chi connectivity index (χ2n) is 9.35. The van der Waals surface area contributed by atoms with E-state index in [0.29, 0.717) is 22.7 Å². The van der Waals surface area contributed by atoms with E-state index in [1.54, 1.807) is 43.2 Å². The van der Waals surface area contributed by atoms with Gasteiger partial charge in [-0.25, -0.2) is 4.79 Å². The molecule has 39 heavy (non-hydrogen) atoms. The van der Waals surface area contributed by atoms with E-state index in [1.807, 2.05) is 91.0 Å². The third-order valence-corrected chi connectivity index (χ3v) is 7.30. The third-order valence-electron chi connectivity index (χ3n) is 7.30. The van der Waals surface area contributed by atoms with Crippen LogP contribution < -0.4 is 9.64 Å². The maximum atomic E-state index is 14.8. The van der Waals surface area contributed by atoms with Crippen LogP contribution in [0.1, 0.15) is 23.6 Å². The predicted octanol–water partition coefficient (Wildman–Crippen LogP) is 5.73. The van der Waals surface area contributed by atoms with E-state index in [-0.39, 0.29) is 18.1 Å². The summed E-state index contributed by atoms with van der Waals surface area (Å²) in [6, 6.07) is 35.7. The van der Waals surface area contributed by atoms with Gasteiger partial charge in [0.1, 0.15) is 11.3 Å². The number of hydrogen-bond acceptors (Lipinski definition) is 5. The lowest BCUT2D eigenvalue weighted by Gasteiger charge is -2.22. The number of carbonyl (C=O) groups is 2. The normalized spacial score (nSPS) is 19.3. The van der Waals surface area contributed by atoms with Crippen molar-refractivity contribution in [3.05, 3.63) is 138 Å². The van der Waals surface area contributed by atoms with Gasteiger partial charge in [0, 0.05) is 5.69 Å². The van der Waals surface area contributed by atoms with Crippen molar-refractivity contribution in [2.45, 2.75) is 18.1 Å². The van der Waals surface area contributed by atoms with Crippen molar-refractivity contribution in [1.82, 2.24) is 0 Å². The molecular weight excluding hydrogens is 490 g/mol. The molecule has 0 bridgehead atoms. The highest BCUT2D eigenvalue weighted by Gasteiger charge is 2.83. The van der Waals surface area contributed by atoms with Crippen LogP contribution in [-0.4, -0.2) is 31.2 Å². The molecule has 4 aromatic carbocycles. The van der Waals surface area contributed by atoms with Crippen molar-refractivity contribution >= 4 is 23.3 Å². The Morgan fingerprint density at radius 1 is 0.769 bits per heavy atom. The number of nitrogens with zero attached hydrogens (tertiary/aromatic N) is 1. The molecule has 1 saturated heterocycles. The quantitative estimate of drug-likeness (QED) is 0.231. The molecular formula is C33H27NO5. The van der Waals surface area contributed by atoms with Crippen molar-refractivity contribution in [3.63, 3.8) is 0 Å². The Morgan fingerprint density at radius 3 is 1.82 bits per heavy atom. The summed E-state index contributed by atoms with van der Waals surface area (Å²) in [6.07, 6.45) is 0. The Kier molecular flexibility index (Phi) is 6.04. The summed E-state index contributed by atoms with van der Waals surface area (Å²) in [5.74, 6) is -0.293. The molecule has 0 radical (unpaired) electrons.